The van der Waals surface area contributed by atoms with Crippen LogP contribution in [0.25, 0.3) is 10.2 Å². The highest BCUT2D eigenvalue weighted by atomic mass is 32.1. The number of hydrazine groups is 1. The molecule has 0 bridgehead atoms. The second-order valence-corrected chi connectivity index (χ2v) is 12.9. The van der Waals surface area contributed by atoms with E-state index in [9.17, 15) is 23.6 Å². The zero-order valence-electron chi connectivity index (χ0n) is 25.9. The van der Waals surface area contributed by atoms with Crippen LogP contribution in [0, 0.1) is 5.82 Å². The summed E-state index contributed by atoms with van der Waals surface area (Å²) in [7, 11) is 0. The number of rotatable bonds is 10. The number of benzene rings is 3. The Hall–Kier alpha value is -5.08. The number of halogens is 1. The summed E-state index contributed by atoms with van der Waals surface area (Å²) in [4.78, 5) is 60.4. The summed E-state index contributed by atoms with van der Waals surface area (Å²) >= 11 is 1.37. The van der Waals surface area contributed by atoms with Crippen LogP contribution in [0.2, 0.25) is 0 Å². The molecule has 2 aliphatic rings. The smallest absolute Gasteiger partial charge is 0.332 e. The van der Waals surface area contributed by atoms with Gasteiger partial charge in [0.2, 0.25) is 18.2 Å². The summed E-state index contributed by atoms with van der Waals surface area (Å²) < 4.78 is 14.3. The minimum atomic E-state index is -0.841. The monoisotopic (exact) mass is 658 g/mol. The standard InChI is InChI=1S/C33H35FN8O4S/c1-20(2)42(33(46)36-15-22-6-10-24(34)11-7-22)40-18-29(44)41-26(14-21-8-12-25(13-9-21)37-19-43)31(45)39(17-28(40)41)16-23-4-3-5-27-30(23)38-32(35)47-27/h3-13,19-20,26,28H,14-18H2,1-2H3,(H2,35,38)(H,36,46)(H,37,43)/t26-,28+/m0/s1. The number of carbonyl (C=O) groups excluding carboxylic acids is 4. The minimum Gasteiger partial charge on any atom is -0.375 e. The first-order chi connectivity index (χ1) is 22.6. The van der Waals surface area contributed by atoms with Gasteiger partial charge in [0, 0.05) is 31.2 Å². The van der Waals surface area contributed by atoms with Gasteiger partial charge in [-0.3, -0.25) is 19.4 Å². The molecule has 3 aromatic carbocycles. The molecule has 5 amide bonds. The molecule has 2 fully saturated rings. The number of piperazine rings is 1. The van der Waals surface area contributed by atoms with Crippen molar-refractivity contribution in [2.24, 2.45) is 0 Å². The van der Waals surface area contributed by atoms with E-state index < -0.39 is 18.2 Å². The van der Waals surface area contributed by atoms with Crippen LogP contribution in [0.15, 0.2) is 66.7 Å². The van der Waals surface area contributed by atoms with Gasteiger partial charge in [0.15, 0.2) is 5.13 Å². The number of para-hydroxylation sites is 1. The van der Waals surface area contributed by atoms with E-state index in [0.29, 0.717) is 17.2 Å². The van der Waals surface area contributed by atoms with Gasteiger partial charge >= 0.3 is 6.03 Å². The first-order valence-electron chi connectivity index (χ1n) is 15.2. The maximum Gasteiger partial charge on any atom is 0.332 e. The number of fused-ring (bicyclic) bond motifs is 2. The molecule has 4 aromatic rings. The lowest BCUT2D eigenvalue weighted by atomic mass is 9.99. The van der Waals surface area contributed by atoms with Crippen molar-refractivity contribution in [1.82, 2.24) is 30.1 Å². The van der Waals surface area contributed by atoms with Crippen LogP contribution in [0.5, 0.6) is 0 Å². The van der Waals surface area contributed by atoms with E-state index in [-0.39, 0.29) is 56.3 Å². The predicted molar refractivity (Wildman–Crippen MR) is 176 cm³/mol. The predicted octanol–water partition coefficient (Wildman–Crippen LogP) is 3.54. The molecule has 3 heterocycles. The summed E-state index contributed by atoms with van der Waals surface area (Å²) in [6.07, 6.45) is 0.200. The Morgan fingerprint density at radius 2 is 1.83 bits per heavy atom. The van der Waals surface area contributed by atoms with Gasteiger partial charge in [-0.25, -0.2) is 14.2 Å². The number of aromatic nitrogens is 1. The van der Waals surface area contributed by atoms with Gasteiger partial charge < -0.3 is 26.2 Å². The van der Waals surface area contributed by atoms with Crippen molar-refractivity contribution < 1.29 is 23.6 Å². The second-order valence-electron chi connectivity index (χ2n) is 11.8. The Kier molecular flexibility index (Phi) is 9.05. The fraction of sp³-hybridized carbons (Fsp3) is 0.303. The molecule has 0 radical (unpaired) electrons. The number of nitrogens with two attached hydrogens (primary N) is 1. The maximum atomic E-state index is 14.3. The number of urea groups is 1. The summed E-state index contributed by atoms with van der Waals surface area (Å²) in [5.41, 5.74) is 9.70. The first-order valence-corrected chi connectivity index (χ1v) is 16.1. The van der Waals surface area contributed by atoms with Crippen LogP contribution in [-0.2, 0) is 33.9 Å². The number of amides is 5. The van der Waals surface area contributed by atoms with E-state index in [1.165, 1.54) is 28.5 Å². The average Bonchev–Trinajstić information content (AvgIpc) is 3.58. The highest BCUT2D eigenvalue weighted by molar-refractivity contribution is 7.22. The van der Waals surface area contributed by atoms with Crippen molar-refractivity contribution >= 4 is 56.6 Å². The Labute approximate surface area is 274 Å². The van der Waals surface area contributed by atoms with Crippen molar-refractivity contribution in [3.05, 3.63) is 89.2 Å². The van der Waals surface area contributed by atoms with Crippen molar-refractivity contribution in [3.8, 4) is 0 Å². The highest BCUT2D eigenvalue weighted by Crippen LogP contribution is 2.33. The van der Waals surface area contributed by atoms with Gasteiger partial charge in [-0.1, -0.05) is 47.7 Å². The first kappa shape index (κ1) is 31.9. The van der Waals surface area contributed by atoms with E-state index in [4.69, 9.17) is 5.73 Å². The van der Waals surface area contributed by atoms with E-state index >= 15 is 0 Å². The second kappa shape index (κ2) is 13.3. The number of anilines is 2. The molecule has 2 saturated heterocycles. The van der Waals surface area contributed by atoms with E-state index in [1.807, 2.05) is 44.2 Å². The van der Waals surface area contributed by atoms with Gasteiger partial charge in [-0.15, -0.1) is 0 Å². The molecule has 6 rings (SSSR count). The molecule has 2 aliphatic heterocycles. The third-order valence-corrected chi connectivity index (χ3v) is 9.24. The molecule has 12 nitrogen and oxygen atoms in total. The molecule has 4 N–H and O–H groups in total. The van der Waals surface area contributed by atoms with Gasteiger partial charge in [0.25, 0.3) is 0 Å². The number of nitrogen functional groups attached to an aromatic ring is 1. The van der Waals surface area contributed by atoms with Crippen LogP contribution < -0.4 is 16.4 Å². The van der Waals surface area contributed by atoms with E-state index in [2.05, 4.69) is 15.6 Å². The molecule has 1 aromatic heterocycles. The zero-order chi connectivity index (χ0) is 33.2. The van der Waals surface area contributed by atoms with Gasteiger partial charge in [0.05, 0.1) is 23.3 Å². The number of hydrogen-bond acceptors (Lipinski definition) is 8. The van der Waals surface area contributed by atoms with Crippen LogP contribution >= 0.6 is 11.3 Å². The normalized spacial score (nSPS) is 18.1. The largest absolute Gasteiger partial charge is 0.375 e. The fourth-order valence-corrected chi connectivity index (χ4v) is 7.04. The Morgan fingerprint density at radius 3 is 2.53 bits per heavy atom. The lowest BCUT2D eigenvalue weighted by Gasteiger charge is -2.47. The van der Waals surface area contributed by atoms with Gasteiger partial charge in [-0.2, -0.15) is 5.01 Å². The van der Waals surface area contributed by atoms with Crippen molar-refractivity contribution in [2.75, 3.05) is 24.1 Å². The quantitative estimate of drug-likeness (QED) is 0.221. The lowest BCUT2D eigenvalue weighted by molar-refractivity contribution is -0.158. The molecule has 0 spiro atoms. The maximum absolute atomic E-state index is 14.3. The average molecular weight is 659 g/mol. The Balaban J connectivity index is 1.31. The van der Waals surface area contributed by atoms with E-state index in [1.54, 1.807) is 39.1 Å². The summed E-state index contributed by atoms with van der Waals surface area (Å²) in [6, 6.07) is 17.1. The summed E-state index contributed by atoms with van der Waals surface area (Å²) in [5.74, 6) is -0.851. The molecule has 47 heavy (non-hydrogen) atoms. The lowest BCUT2D eigenvalue weighted by Crippen LogP contribution is -2.66. The van der Waals surface area contributed by atoms with Crippen LogP contribution in [-0.4, -0.2) is 80.4 Å². The third kappa shape index (κ3) is 6.60. The molecule has 244 valence electrons. The van der Waals surface area contributed by atoms with Gasteiger partial charge in [-0.05, 0) is 60.9 Å². The highest BCUT2D eigenvalue weighted by Gasteiger charge is 2.52. The summed E-state index contributed by atoms with van der Waals surface area (Å²) in [5, 5.41) is 9.19. The SMILES string of the molecule is CC(C)N(C(=O)NCc1ccc(F)cc1)N1CC(=O)N2[C@@H](Cc3ccc(NC=O)cc3)C(=O)N(Cc3cccc4sc(N)nc34)C[C@@H]21. The molecule has 0 saturated carbocycles. The van der Waals surface area contributed by atoms with Crippen molar-refractivity contribution in [3.63, 3.8) is 0 Å². The topological polar surface area (TPSA) is 144 Å². The molecular formula is C33H35FN8O4S. The Morgan fingerprint density at radius 1 is 1.11 bits per heavy atom. The summed E-state index contributed by atoms with van der Waals surface area (Å²) in [6.45, 7) is 4.19. The molecule has 14 heteroatoms. The zero-order valence-corrected chi connectivity index (χ0v) is 26.7. The number of carbonyl (C=O) groups is 4. The molecular weight excluding hydrogens is 623 g/mol. The van der Waals surface area contributed by atoms with Crippen LogP contribution in [0.4, 0.5) is 20.0 Å². The number of hydrogen-bond donors (Lipinski definition) is 3. The number of nitrogens with one attached hydrogen (secondary N) is 2. The molecule has 2 atom stereocenters. The van der Waals surface area contributed by atoms with Crippen molar-refractivity contribution in [1.29, 1.82) is 0 Å². The fourth-order valence-electron chi connectivity index (χ4n) is 6.26. The van der Waals surface area contributed by atoms with Crippen LogP contribution in [0.1, 0.15) is 30.5 Å². The molecule has 0 unspecified atom stereocenters. The number of nitrogens with zero attached hydrogens (tertiary/aromatic N) is 5. The Bertz CT molecular complexity index is 1800. The third-order valence-electron chi connectivity index (χ3n) is 8.39. The molecule has 0 aliphatic carbocycles. The number of thiazole rings is 1. The van der Waals surface area contributed by atoms with E-state index in [0.717, 1.165) is 26.9 Å². The van der Waals surface area contributed by atoms with Gasteiger partial charge in [0.1, 0.15) is 18.0 Å². The minimum absolute atomic E-state index is 0.0924. The van der Waals surface area contributed by atoms with Crippen molar-refractivity contribution in [2.45, 2.75) is 51.6 Å². The van der Waals surface area contributed by atoms with Crippen LogP contribution in [0.3, 0.4) is 0 Å².